The van der Waals surface area contributed by atoms with Crippen LogP contribution in [0.2, 0.25) is 0 Å². The number of carbonyl (C=O) groups excluding carboxylic acids is 1. The average Bonchev–Trinajstić information content (AvgIpc) is 2.69. The molecule has 0 aromatic heterocycles. The highest BCUT2D eigenvalue weighted by Gasteiger charge is 2.21. The third-order valence-electron chi connectivity index (χ3n) is 4.83. The molecule has 8 nitrogen and oxygen atoms in total. The lowest BCUT2D eigenvalue weighted by Crippen LogP contribution is -2.51. The first-order valence-corrected chi connectivity index (χ1v) is 11.8. The van der Waals surface area contributed by atoms with Crippen LogP contribution in [0.15, 0.2) is 29.2 Å². The van der Waals surface area contributed by atoms with Crippen molar-refractivity contribution in [1.29, 1.82) is 0 Å². The smallest absolute Gasteiger partial charge is 0.240 e. The molecule has 162 valence electrons. The molecule has 1 amide bonds. The van der Waals surface area contributed by atoms with E-state index in [2.05, 4.69) is 27.8 Å². The van der Waals surface area contributed by atoms with Crippen LogP contribution in [0.4, 0.5) is 0 Å². The minimum Gasteiger partial charge on any atom is -0.494 e. The third-order valence-corrected chi connectivity index (χ3v) is 6.53. The normalized spacial score (nSPS) is 19.2. The lowest BCUT2D eigenvalue weighted by atomic mass is 9.86. The number of ether oxygens (including phenoxy) is 1. The van der Waals surface area contributed by atoms with Gasteiger partial charge in [0.25, 0.3) is 0 Å². The van der Waals surface area contributed by atoms with Crippen molar-refractivity contribution in [2.45, 2.75) is 56.9 Å². The molecule has 0 saturated heterocycles. The molecule has 2 unspecified atom stereocenters. The lowest BCUT2D eigenvalue weighted by Gasteiger charge is -2.30. The highest BCUT2D eigenvalue weighted by molar-refractivity contribution is 7.89. The van der Waals surface area contributed by atoms with Crippen molar-refractivity contribution in [3.05, 3.63) is 24.3 Å². The number of rotatable bonds is 8. The predicted octanol–water partition coefficient (Wildman–Crippen LogP) is 1.83. The maximum absolute atomic E-state index is 12.3. The summed E-state index contributed by atoms with van der Waals surface area (Å²) in [7, 11) is -3.69. The summed E-state index contributed by atoms with van der Waals surface area (Å²) < 4.78 is 32.2. The van der Waals surface area contributed by atoms with Crippen LogP contribution in [0.25, 0.3) is 0 Å². The number of carbonyl (C=O) groups is 1. The fourth-order valence-electron chi connectivity index (χ4n) is 3.19. The molecule has 0 aliphatic heterocycles. The van der Waals surface area contributed by atoms with E-state index in [0.717, 1.165) is 6.42 Å². The Labute approximate surface area is 178 Å². The second-order valence-electron chi connectivity index (χ2n) is 7.07. The topological polar surface area (TPSA) is 109 Å². The Hall–Kier alpha value is -1.91. The zero-order chi connectivity index (χ0) is 21.3. The summed E-state index contributed by atoms with van der Waals surface area (Å²) in [6, 6.07) is 6.42. The van der Waals surface area contributed by atoms with Crippen LogP contribution in [0.5, 0.6) is 5.75 Å². The standard InChI is InChI=1S/C19H30N4O4S2/c1-3-27-15-8-10-16(11-9-15)29(25,26)20-13-12-18(24)22-23-19(28)21-17-7-5-4-6-14(17)2/h8-11,14,17,20H,3-7,12-13H2,1-2H3,(H,22,24)(H2,21,23,28). The van der Waals surface area contributed by atoms with Gasteiger partial charge in [0.1, 0.15) is 5.75 Å². The first-order chi connectivity index (χ1) is 13.8. The maximum atomic E-state index is 12.3. The molecule has 0 radical (unpaired) electrons. The summed E-state index contributed by atoms with van der Waals surface area (Å²) in [5, 5.41) is 3.59. The van der Waals surface area contributed by atoms with Crippen molar-refractivity contribution < 1.29 is 17.9 Å². The fourth-order valence-corrected chi connectivity index (χ4v) is 4.42. The van der Waals surface area contributed by atoms with E-state index in [4.69, 9.17) is 17.0 Å². The summed E-state index contributed by atoms with van der Waals surface area (Å²) in [6.45, 7) is 4.52. The van der Waals surface area contributed by atoms with Crippen molar-refractivity contribution in [1.82, 2.24) is 20.9 Å². The SMILES string of the molecule is CCOc1ccc(S(=O)(=O)NCCC(=O)NNC(=S)NC2CCCCC2C)cc1. The Morgan fingerprint density at radius 3 is 2.52 bits per heavy atom. The van der Waals surface area contributed by atoms with E-state index in [1.165, 1.54) is 31.4 Å². The minimum atomic E-state index is -3.69. The molecule has 1 aromatic carbocycles. The number of thiocarbonyl (C=S) groups is 1. The number of sulfonamides is 1. The number of hydrazine groups is 1. The van der Waals surface area contributed by atoms with Crippen LogP contribution < -0.4 is 25.6 Å². The van der Waals surface area contributed by atoms with E-state index >= 15 is 0 Å². The minimum absolute atomic E-state index is 0.0221. The van der Waals surface area contributed by atoms with E-state index in [9.17, 15) is 13.2 Å². The fraction of sp³-hybridized carbons (Fsp3) is 0.579. The zero-order valence-electron chi connectivity index (χ0n) is 16.9. The largest absolute Gasteiger partial charge is 0.494 e. The summed E-state index contributed by atoms with van der Waals surface area (Å²) >= 11 is 5.21. The Bertz CT molecular complexity index is 784. The molecule has 1 aliphatic rings. The quantitative estimate of drug-likeness (QED) is 0.359. The molecule has 1 fully saturated rings. The molecular weight excluding hydrogens is 412 g/mol. The van der Waals surface area contributed by atoms with Crippen LogP contribution in [0.3, 0.4) is 0 Å². The van der Waals surface area contributed by atoms with E-state index < -0.39 is 10.0 Å². The van der Waals surface area contributed by atoms with Crippen molar-refractivity contribution in [3.8, 4) is 5.75 Å². The van der Waals surface area contributed by atoms with Gasteiger partial charge in [-0.05, 0) is 62.2 Å². The average molecular weight is 443 g/mol. The molecule has 2 rings (SSSR count). The Balaban J connectivity index is 1.69. The molecule has 4 N–H and O–H groups in total. The summed E-state index contributed by atoms with van der Waals surface area (Å²) in [5.74, 6) is 0.778. The van der Waals surface area contributed by atoms with Crippen molar-refractivity contribution in [2.24, 2.45) is 5.92 Å². The molecular formula is C19H30N4O4S2. The molecule has 2 atom stereocenters. The number of nitrogens with one attached hydrogen (secondary N) is 4. The van der Waals surface area contributed by atoms with Gasteiger partial charge in [-0.25, -0.2) is 13.1 Å². The molecule has 0 spiro atoms. The number of hydrogen-bond acceptors (Lipinski definition) is 5. The van der Waals surface area contributed by atoms with Gasteiger partial charge >= 0.3 is 0 Å². The number of amides is 1. The van der Waals surface area contributed by atoms with E-state index in [1.54, 1.807) is 12.1 Å². The van der Waals surface area contributed by atoms with Gasteiger partial charge in [0, 0.05) is 19.0 Å². The first-order valence-electron chi connectivity index (χ1n) is 9.89. The van der Waals surface area contributed by atoms with Crippen LogP contribution in [-0.4, -0.2) is 38.6 Å². The van der Waals surface area contributed by atoms with Gasteiger partial charge < -0.3 is 10.1 Å². The molecule has 0 bridgehead atoms. The monoisotopic (exact) mass is 442 g/mol. The maximum Gasteiger partial charge on any atom is 0.240 e. The number of benzene rings is 1. The van der Waals surface area contributed by atoms with Gasteiger partial charge in [0.2, 0.25) is 15.9 Å². The predicted molar refractivity (Wildman–Crippen MR) is 116 cm³/mol. The van der Waals surface area contributed by atoms with Crippen LogP contribution in [-0.2, 0) is 14.8 Å². The van der Waals surface area contributed by atoms with Gasteiger partial charge in [0.05, 0.1) is 11.5 Å². The summed E-state index contributed by atoms with van der Waals surface area (Å²) in [5.41, 5.74) is 5.17. The molecule has 1 aliphatic carbocycles. The van der Waals surface area contributed by atoms with Gasteiger partial charge in [-0.3, -0.25) is 15.6 Å². The van der Waals surface area contributed by atoms with Crippen molar-refractivity contribution in [3.63, 3.8) is 0 Å². The van der Waals surface area contributed by atoms with Gasteiger partial charge in [0.15, 0.2) is 5.11 Å². The highest BCUT2D eigenvalue weighted by atomic mass is 32.2. The van der Waals surface area contributed by atoms with Crippen molar-refractivity contribution >= 4 is 33.3 Å². The molecule has 10 heteroatoms. The third kappa shape index (κ3) is 7.79. The van der Waals surface area contributed by atoms with E-state index in [1.807, 2.05) is 6.92 Å². The summed E-state index contributed by atoms with van der Waals surface area (Å²) in [4.78, 5) is 12.0. The van der Waals surface area contributed by atoms with E-state index in [-0.39, 0.29) is 23.8 Å². The molecule has 1 aromatic rings. The Morgan fingerprint density at radius 1 is 1.17 bits per heavy atom. The van der Waals surface area contributed by atoms with Gasteiger partial charge in [-0.1, -0.05) is 19.8 Å². The Kier molecular flexibility index (Phi) is 9.12. The lowest BCUT2D eigenvalue weighted by molar-refractivity contribution is -0.121. The second kappa shape index (κ2) is 11.3. The van der Waals surface area contributed by atoms with Crippen LogP contribution in [0.1, 0.15) is 46.0 Å². The van der Waals surface area contributed by atoms with Crippen LogP contribution >= 0.6 is 12.2 Å². The van der Waals surface area contributed by atoms with Crippen LogP contribution in [0, 0.1) is 5.92 Å². The highest BCUT2D eigenvalue weighted by Crippen LogP contribution is 2.23. The van der Waals surface area contributed by atoms with Gasteiger partial charge in [-0.15, -0.1) is 0 Å². The molecule has 0 heterocycles. The molecule has 29 heavy (non-hydrogen) atoms. The second-order valence-corrected chi connectivity index (χ2v) is 9.24. The molecule has 1 saturated carbocycles. The Morgan fingerprint density at radius 2 is 1.86 bits per heavy atom. The zero-order valence-corrected chi connectivity index (χ0v) is 18.5. The van der Waals surface area contributed by atoms with Gasteiger partial charge in [-0.2, -0.15) is 0 Å². The first kappa shape index (κ1) is 23.4. The number of hydrogen-bond donors (Lipinski definition) is 4. The summed E-state index contributed by atoms with van der Waals surface area (Å²) in [6.07, 6.45) is 4.62. The van der Waals surface area contributed by atoms with E-state index in [0.29, 0.717) is 29.4 Å². The van der Waals surface area contributed by atoms with Crippen molar-refractivity contribution in [2.75, 3.05) is 13.2 Å².